The highest BCUT2D eigenvalue weighted by atomic mass is 16.6. The van der Waals surface area contributed by atoms with Gasteiger partial charge in [0.05, 0.1) is 11.0 Å². The largest absolute Gasteiger partial charge is 0.486 e. The van der Waals surface area contributed by atoms with Crippen LogP contribution in [0.4, 0.5) is 0 Å². The molecule has 0 spiro atoms. The van der Waals surface area contributed by atoms with Crippen molar-refractivity contribution in [3.63, 3.8) is 0 Å². The van der Waals surface area contributed by atoms with E-state index in [0.29, 0.717) is 6.61 Å². The molecule has 152 valence electrons. The molecule has 1 atom stereocenters. The number of fused-ring (bicyclic) bond motifs is 2. The quantitative estimate of drug-likeness (QED) is 0.736. The van der Waals surface area contributed by atoms with Crippen molar-refractivity contribution in [3.05, 3.63) is 59.0 Å². The molecule has 1 fully saturated rings. The molecule has 2 aliphatic heterocycles. The number of nitrogens with one attached hydrogen (secondary N) is 1. The number of para-hydroxylation sites is 4. The summed E-state index contributed by atoms with van der Waals surface area (Å²) in [7, 11) is 0. The summed E-state index contributed by atoms with van der Waals surface area (Å²) in [6.07, 6.45) is 2.89. The topological polar surface area (TPSA) is 59.5 Å². The monoisotopic (exact) mass is 393 g/mol. The first kappa shape index (κ1) is 18.3. The summed E-state index contributed by atoms with van der Waals surface area (Å²) < 4.78 is 14.1. The molecule has 0 radical (unpaired) electrons. The minimum atomic E-state index is -0.307. The van der Waals surface area contributed by atoms with E-state index >= 15 is 0 Å². The van der Waals surface area contributed by atoms with Crippen molar-refractivity contribution in [2.45, 2.75) is 37.8 Å². The Hall–Kier alpha value is -2.73. The lowest BCUT2D eigenvalue weighted by molar-refractivity contribution is -0.00875. The molecule has 2 aromatic carbocycles. The fourth-order valence-electron chi connectivity index (χ4n) is 4.53. The lowest BCUT2D eigenvalue weighted by atomic mass is 9.99. The first-order chi connectivity index (χ1) is 14.1. The van der Waals surface area contributed by atoms with Gasteiger partial charge in [0.25, 0.3) is 0 Å². The van der Waals surface area contributed by atoms with E-state index in [1.807, 2.05) is 53.1 Å². The summed E-state index contributed by atoms with van der Waals surface area (Å²) in [4.78, 5) is 17.9. The minimum absolute atomic E-state index is 0.00332. The third-order valence-corrected chi connectivity index (χ3v) is 6.24. The molecule has 3 aromatic rings. The Morgan fingerprint density at radius 3 is 2.62 bits per heavy atom. The van der Waals surface area contributed by atoms with Crippen LogP contribution in [0, 0.1) is 0 Å². The Kier molecular flexibility index (Phi) is 4.59. The number of aromatic amines is 1. The zero-order valence-corrected chi connectivity index (χ0v) is 16.8. The van der Waals surface area contributed by atoms with Gasteiger partial charge in [-0.3, -0.25) is 4.57 Å². The molecular formula is C23H27N3O3. The molecule has 0 saturated carbocycles. The van der Waals surface area contributed by atoms with Gasteiger partial charge >= 0.3 is 5.69 Å². The Balaban J connectivity index is 1.20. The summed E-state index contributed by atoms with van der Waals surface area (Å²) in [6, 6.07) is 16.1. The average molecular weight is 393 g/mol. The maximum absolute atomic E-state index is 12.5. The van der Waals surface area contributed by atoms with Gasteiger partial charge in [0.2, 0.25) is 0 Å². The molecule has 1 unspecified atom stereocenters. The number of imidazole rings is 1. The van der Waals surface area contributed by atoms with Gasteiger partial charge < -0.3 is 19.4 Å². The van der Waals surface area contributed by atoms with Crippen molar-refractivity contribution in [2.75, 3.05) is 26.2 Å². The first-order valence-corrected chi connectivity index (χ1v) is 10.4. The van der Waals surface area contributed by atoms with Crippen LogP contribution in [-0.2, 0) is 0 Å². The van der Waals surface area contributed by atoms with E-state index in [9.17, 15) is 4.79 Å². The van der Waals surface area contributed by atoms with Crippen LogP contribution >= 0.6 is 0 Å². The molecule has 6 heteroatoms. The second-order valence-electron chi connectivity index (χ2n) is 8.43. The third kappa shape index (κ3) is 3.53. The number of hydrogen-bond donors (Lipinski definition) is 1. The van der Waals surface area contributed by atoms with Gasteiger partial charge in [0.15, 0.2) is 11.5 Å². The van der Waals surface area contributed by atoms with Gasteiger partial charge in [-0.2, -0.15) is 0 Å². The number of aromatic nitrogens is 2. The average Bonchev–Trinajstić information content (AvgIpc) is 3.08. The highest BCUT2D eigenvalue weighted by molar-refractivity contribution is 5.75. The maximum Gasteiger partial charge on any atom is 0.326 e. The smallest absolute Gasteiger partial charge is 0.326 e. The maximum atomic E-state index is 12.5. The van der Waals surface area contributed by atoms with Crippen LogP contribution < -0.4 is 15.2 Å². The van der Waals surface area contributed by atoms with Crippen molar-refractivity contribution in [2.24, 2.45) is 0 Å². The molecule has 1 saturated heterocycles. The number of ether oxygens (including phenoxy) is 2. The van der Waals surface area contributed by atoms with Crippen LogP contribution in [0.3, 0.4) is 0 Å². The number of hydrogen-bond acceptors (Lipinski definition) is 4. The van der Waals surface area contributed by atoms with Gasteiger partial charge in [-0.1, -0.05) is 24.3 Å². The van der Waals surface area contributed by atoms with Crippen molar-refractivity contribution in [1.82, 2.24) is 14.5 Å². The number of nitrogens with zero attached hydrogens (tertiary/aromatic N) is 2. The lowest BCUT2D eigenvalue weighted by Gasteiger charge is -2.38. The number of H-pyrrole nitrogens is 1. The van der Waals surface area contributed by atoms with E-state index < -0.39 is 0 Å². The summed E-state index contributed by atoms with van der Waals surface area (Å²) in [5, 5.41) is 0. The SMILES string of the molecule is CC1(CCN2CCC(n3c(=O)[nH]c4ccccc43)CC2)COc2ccccc2O1. The molecule has 6 nitrogen and oxygen atoms in total. The summed E-state index contributed by atoms with van der Waals surface area (Å²) in [6.45, 7) is 5.65. The Morgan fingerprint density at radius 2 is 1.79 bits per heavy atom. The summed E-state index contributed by atoms with van der Waals surface area (Å²) >= 11 is 0. The van der Waals surface area contributed by atoms with Gasteiger partial charge in [-0.05, 0) is 44.0 Å². The minimum Gasteiger partial charge on any atom is -0.486 e. The van der Waals surface area contributed by atoms with Crippen LogP contribution in [-0.4, -0.2) is 46.3 Å². The highest BCUT2D eigenvalue weighted by Gasteiger charge is 2.34. The summed E-state index contributed by atoms with van der Waals surface area (Å²) in [5.41, 5.74) is 1.62. The van der Waals surface area contributed by atoms with Crippen LogP contribution in [0.2, 0.25) is 0 Å². The van der Waals surface area contributed by atoms with Crippen molar-refractivity contribution in [1.29, 1.82) is 0 Å². The van der Waals surface area contributed by atoms with Gasteiger partial charge in [0.1, 0.15) is 12.2 Å². The predicted molar refractivity (Wildman–Crippen MR) is 113 cm³/mol. The van der Waals surface area contributed by atoms with Crippen LogP contribution in [0.1, 0.15) is 32.2 Å². The zero-order chi connectivity index (χ0) is 19.8. The second-order valence-corrected chi connectivity index (χ2v) is 8.43. The van der Waals surface area contributed by atoms with Crippen molar-refractivity contribution < 1.29 is 9.47 Å². The van der Waals surface area contributed by atoms with Gasteiger partial charge in [-0.25, -0.2) is 4.79 Å². The molecule has 2 aliphatic rings. The van der Waals surface area contributed by atoms with Crippen LogP contribution in [0.25, 0.3) is 11.0 Å². The molecule has 0 aliphatic carbocycles. The third-order valence-electron chi connectivity index (χ3n) is 6.24. The molecule has 5 rings (SSSR count). The van der Waals surface area contributed by atoms with Gasteiger partial charge in [0, 0.05) is 32.1 Å². The van der Waals surface area contributed by atoms with Crippen molar-refractivity contribution >= 4 is 11.0 Å². The molecule has 0 bridgehead atoms. The molecule has 1 aromatic heterocycles. The standard InChI is InChI=1S/C23H27N3O3/c1-23(16-28-20-8-4-5-9-21(20)29-23)12-15-25-13-10-17(11-14-25)26-19-7-3-2-6-18(19)24-22(26)27/h2-9,17H,10-16H2,1H3,(H,24,27). The number of piperidine rings is 1. The van der Waals surface area contributed by atoms with E-state index in [0.717, 1.165) is 61.4 Å². The first-order valence-electron chi connectivity index (χ1n) is 10.4. The van der Waals surface area contributed by atoms with E-state index in [4.69, 9.17) is 9.47 Å². The second kappa shape index (κ2) is 7.26. The predicted octanol–water partition coefficient (Wildman–Crippen LogP) is 3.59. The fraction of sp³-hybridized carbons (Fsp3) is 0.435. The molecule has 0 amide bonds. The Morgan fingerprint density at radius 1 is 1.07 bits per heavy atom. The Bertz CT molecular complexity index is 1060. The number of rotatable bonds is 4. The molecule has 1 N–H and O–H groups in total. The fourth-order valence-corrected chi connectivity index (χ4v) is 4.53. The van der Waals surface area contributed by atoms with Gasteiger partial charge in [-0.15, -0.1) is 0 Å². The van der Waals surface area contributed by atoms with Crippen molar-refractivity contribution in [3.8, 4) is 11.5 Å². The zero-order valence-electron chi connectivity index (χ0n) is 16.8. The van der Waals surface area contributed by atoms with E-state index in [1.54, 1.807) is 0 Å². The van der Waals surface area contributed by atoms with E-state index in [-0.39, 0.29) is 17.3 Å². The van der Waals surface area contributed by atoms with E-state index in [2.05, 4.69) is 16.8 Å². The normalized spacial score (nSPS) is 22.8. The van der Waals surface area contributed by atoms with Crippen LogP contribution in [0.15, 0.2) is 53.3 Å². The van der Waals surface area contributed by atoms with Crippen LogP contribution in [0.5, 0.6) is 11.5 Å². The Labute approximate surface area is 170 Å². The number of likely N-dealkylation sites (tertiary alicyclic amines) is 1. The number of benzene rings is 2. The molecule has 3 heterocycles. The van der Waals surface area contributed by atoms with E-state index in [1.165, 1.54) is 0 Å². The molecular weight excluding hydrogens is 366 g/mol. The lowest BCUT2D eigenvalue weighted by Crippen LogP contribution is -2.46. The highest BCUT2D eigenvalue weighted by Crippen LogP contribution is 2.36. The summed E-state index contributed by atoms with van der Waals surface area (Å²) in [5.74, 6) is 1.66. The molecule has 29 heavy (non-hydrogen) atoms.